The van der Waals surface area contributed by atoms with Crippen molar-refractivity contribution in [3.63, 3.8) is 0 Å². The maximum absolute atomic E-state index is 12.6. The van der Waals surface area contributed by atoms with E-state index in [0.29, 0.717) is 38.5 Å². The molecule has 0 radical (unpaired) electrons. The molecule has 0 aliphatic heterocycles. The molecule has 2 aromatic heterocycles. The Morgan fingerprint density at radius 1 is 1.28 bits per heavy atom. The maximum atomic E-state index is 12.6. The quantitative estimate of drug-likeness (QED) is 0.145. The number of carbonyl (C=O) groups excluding carboxylic acids is 1. The third kappa shape index (κ3) is 6.68. The number of hydrogen-bond donors (Lipinski definition) is 1. The van der Waals surface area contributed by atoms with Gasteiger partial charge in [0, 0.05) is 33.0 Å². The highest BCUT2D eigenvalue weighted by atomic mass is 79.9. The van der Waals surface area contributed by atoms with Crippen molar-refractivity contribution in [3.8, 4) is 17.0 Å². The molecule has 0 spiro atoms. The molecule has 1 amide bonds. The van der Waals surface area contributed by atoms with E-state index in [9.17, 15) is 4.79 Å². The summed E-state index contributed by atoms with van der Waals surface area (Å²) >= 11 is 18.4. The van der Waals surface area contributed by atoms with Gasteiger partial charge in [-0.05, 0) is 31.2 Å². The number of benzene rings is 2. The predicted octanol–water partition coefficient (Wildman–Crippen LogP) is 7.53. The van der Waals surface area contributed by atoms with Gasteiger partial charge in [-0.1, -0.05) is 69.1 Å². The number of ether oxygens (including phenoxy) is 1. The highest BCUT2D eigenvalue weighted by molar-refractivity contribution is 9.10. The number of aromatic nitrogens is 4. The first-order chi connectivity index (χ1) is 17.3. The zero-order valence-electron chi connectivity index (χ0n) is 19.0. The third-order valence-electron chi connectivity index (χ3n) is 4.84. The van der Waals surface area contributed by atoms with E-state index in [2.05, 4.69) is 43.0 Å². The molecule has 1 N–H and O–H groups in total. The molecule has 0 saturated carbocycles. The van der Waals surface area contributed by atoms with Crippen molar-refractivity contribution in [1.29, 1.82) is 0 Å². The minimum Gasteiger partial charge on any atom is -0.481 e. The van der Waals surface area contributed by atoms with E-state index < -0.39 is 6.10 Å². The lowest BCUT2D eigenvalue weighted by atomic mass is 10.2. The number of hydrogen-bond acceptors (Lipinski definition) is 7. The summed E-state index contributed by atoms with van der Waals surface area (Å²) in [5.41, 5.74) is 1.78. The van der Waals surface area contributed by atoms with Crippen molar-refractivity contribution in [1.82, 2.24) is 19.7 Å². The van der Waals surface area contributed by atoms with Crippen LogP contribution in [0.1, 0.15) is 18.9 Å². The lowest BCUT2D eigenvalue weighted by Crippen LogP contribution is -2.15. The minimum atomic E-state index is -0.469. The van der Waals surface area contributed by atoms with Crippen LogP contribution in [0.25, 0.3) is 11.3 Å². The van der Waals surface area contributed by atoms with E-state index in [4.69, 9.17) is 27.9 Å². The summed E-state index contributed by atoms with van der Waals surface area (Å²) in [4.78, 5) is 17.1. The molecular weight excluding hydrogens is 605 g/mol. The molecule has 0 aliphatic rings. The molecule has 36 heavy (non-hydrogen) atoms. The first-order valence-corrected chi connectivity index (χ1v) is 14.0. The summed E-state index contributed by atoms with van der Waals surface area (Å²) in [6, 6.07) is 12.8. The monoisotopic (exact) mass is 623 g/mol. The van der Waals surface area contributed by atoms with Crippen LogP contribution in [0.5, 0.6) is 5.75 Å². The Morgan fingerprint density at radius 2 is 2.06 bits per heavy atom. The van der Waals surface area contributed by atoms with Gasteiger partial charge in [-0.3, -0.25) is 9.36 Å². The van der Waals surface area contributed by atoms with E-state index in [1.807, 2.05) is 41.1 Å². The van der Waals surface area contributed by atoms with E-state index in [0.717, 1.165) is 15.7 Å². The van der Waals surface area contributed by atoms with Crippen LogP contribution in [-0.4, -0.2) is 31.4 Å². The lowest BCUT2D eigenvalue weighted by Gasteiger charge is -2.16. The fourth-order valence-electron chi connectivity index (χ4n) is 3.19. The van der Waals surface area contributed by atoms with E-state index >= 15 is 0 Å². The average Bonchev–Trinajstić information content (AvgIpc) is 3.48. The lowest BCUT2D eigenvalue weighted by molar-refractivity contribution is -0.113. The van der Waals surface area contributed by atoms with Crippen LogP contribution < -0.4 is 10.1 Å². The molecule has 0 aliphatic carbocycles. The highest BCUT2D eigenvalue weighted by Crippen LogP contribution is 2.32. The summed E-state index contributed by atoms with van der Waals surface area (Å²) in [6.07, 6.45) is 1.26. The minimum absolute atomic E-state index is 0.137. The molecule has 2 aromatic carbocycles. The van der Waals surface area contributed by atoms with Crippen LogP contribution >= 0.6 is 62.2 Å². The van der Waals surface area contributed by atoms with Gasteiger partial charge in [0.15, 0.2) is 22.2 Å². The number of halogens is 3. The van der Waals surface area contributed by atoms with Gasteiger partial charge in [0.2, 0.25) is 5.91 Å². The molecule has 1 unspecified atom stereocenters. The van der Waals surface area contributed by atoms with Gasteiger partial charge in [-0.2, -0.15) is 0 Å². The van der Waals surface area contributed by atoms with Gasteiger partial charge in [-0.15, -0.1) is 28.1 Å². The molecule has 4 aromatic rings. The molecule has 0 fully saturated rings. The van der Waals surface area contributed by atoms with Gasteiger partial charge in [0.05, 0.1) is 16.5 Å². The Balaban J connectivity index is 1.40. The highest BCUT2D eigenvalue weighted by Gasteiger charge is 2.21. The van der Waals surface area contributed by atoms with Crippen LogP contribution in [0.2, 0.25) is 10.0 Å². The zero-order chi connectivity index (χ0) is 25.7. The predicted molar refractivity (Wildman–Crippen MR) is 150 cm³/mol. The Hall–Kier alpha value is -2.37. The van der Waals surface area contributed by atoms with E-state index in [1.165, 1.54) is 23.1 Å². The van der Waals surface area contributed by atoms with Crippen LogP contribution in [-0.2, 0) is 11.3 Å². The van der Waals surface area contributed by atoms with E-state index in [1.54, 1.807) is 24.3 Å². The summed E-state index contributed by atoms with van der Waals surface area (Å²) < 4.78 is 8.83. The molecular formula is C24H20BrCl2N5O2S2. The van der Waals surface area contributed by atoms with Crippen molar-refractivity contribution in [2.24, 2.45) is 0 Å². The Kier molecular flexibility index (Phi) is 9.08. The van der Waals surface area contributed by atoms with Crippen molar-refractivity contribution in [3.05, 3.63) is 80.8 Å². The number of amides is 1. The molecule has 0 saturated heterocycles. The first-order valence-electron chi connectivity index (χ1n) is 10.6. The molecule has 1 atom stereocenters. The van der Waals surface area contributed by atoms with Gasteiger partial charge in [0.25, 0.3) is 0 Å². The molecule has 4 rings (SSSR count). The number of nitrogens with one attached hydrogen (secondary N) is 1. The molecule has 12 heteroatoms. The van der Waals surface area contributed by atoms with Crippen LogP contribution in [0.3, 0.4) is 0 Å². The van der Waals surface area contributed by atoms with Crippen LogP contribution in [0, 0.1) is 0 Å². The number of nitrogens with zero attached hydrogens (tertiary/aromatic N) is 4. The fraction of sp³-hybridized carbons (Fsp3) is 0.167. The van der Waals surface area contributed by atoms with Gasteiger partial charge < -0.3 is 10.1 Å². The summed E-state index contributed by atoms with van der Waals surface area (Å²) in [5, 5.41) is 15.4. The number of thioether (sulfide) groups is 1. The largest absolute Gasteiger partial charge is 0.481 e. The van der Waals surface area contributed by atoms with Crippen LogP contribution in [0.4, 0.5) is 5.13 Å². The van der Waals surface area contributed by atoms with Crippen molar-refractivity contribution in [2.45, 2.75) is 24.7 Å². The maximum Gasteiger partial charge on any atom is 0.236 e. The first kappa shape index (κ1) is 26.7. The zero-order valence-corrected chi connectivity index (χ0v) is 23.7. The third-order valence-corrected chi connectivity index (χ3v) is 7.64. The summed E-state index contributed by atoms with van der Waals surface area (Å²) in [6.45, 7) is 6.11. The van der Waals surface area contributed by atoms with Crippen molar-refractivity contribution < 1.29 is 9.53 Å². The number of allylic oxidation sites excluding steroid dienone is 1. The standard InChI is InChI=1S/C24H20BrCl2N5O2S2/c1-3-10-32-22(14(2)34-20-11-17(26)8-9-18(20)27)30-31-24(32)36-13-21(33)29-23-28-19(12-35-23)15-4-6-16(25)7-5-15/h3-9,11-12,14H,1,10,13H2,2H3,(H,28,29,33). The van der Waals surface area contributed by atoms with Crippen molar-refractivity contribution in [2.75, 3.05) is 11.1 Å². The van der Waals surface area contributed by atoms with Crippen molar-refractivity contribution >= 4 is 73.3 Å². The molecule has 0 bridgehead atoms. The number of thiazole rings is 1. The second-order valence-electron chi connectivity index (χ2n) is 7.46. The number of rotatable bonds is 10. The average molecular weight is 625 g/mol. The SMILES string of the molecule is C=CCn1c(SCC(=O)Nc2nc(-c3ccc(Br)cc3)cs2)nnc1C(C)Oc1cc(Cl)ccc1Cl. The second-order valence-corrected chi connectivity index (χ2v) is 11.0. The summed E-state index contributed by atoms with van der Waals surface area (Å²) in [7, 11) is 0. The molecule has 2 heterocycles. The number of anilines is 1. The topological polar surface area (TPSA) is 81.9 Å². The fourth-order valence-corrected chi connectivity index (χ4v) is 5.27. The van der Waals surface area contributed by atoms with Gasteiger partial charge in [0.1, 0.15) is 5.75 Å². The molecule has 7 nitrogen and oxygen atoms in total. The smallest absolute Gasteiger partial charge is 0.236 e. The normalized spacial score (nSPS) is 11.8. The van der Waals surface area contributed by atoms with E-state index in [-0.39, 0.29) is 11.7 Å². The Labute approximate surface area is 235 Å². The summed E-state index contributed by atoms with van der Waals surface area (Å²) in [5.74, 6) is 0.969. The van der Waals surface area contributed by atoms with Crippen LogP contribution in [0.15, 0.2) is 70.1 Å². The second kappa shape index (κ2) is 12.2. The Morgan fingerprint density at radius 3 is 2.81 bits per heavy atom. The molecule has 186 valence electrons. The Bertz CT molecular complexity index is 1380. The van der Waals surface area contributed by atoms with Gasteiger partial charge >= 0.3 is 0 Å². The number of carbonyl (C=O) groups is 1. The van der Waals surface area contributed by atoms with Gasteiger partial charge in [-0.25, -0.2) is 4.98 Å².